The summed E-state index contributed by atoms with van der Waals surface area (Å²) >= 11 is 3.42. The first kappa shape index (κ1) is 13.6. The molecule has 2 N–H and O–H groups in total. The maximum atomic E-state index is 12.3. The number of nitrogens with one attached hydrogen (secondary N) is 2. The number of rotatable bonds is 4. The Morgan fingerprint density at radius 1 is 1.20 bits per heavy atom. The van der Waals surface area contributed by atoms with Crippen LogP contribution in [0.25, 0.3) is 11.0 Å². The molecule has 4 nitrogen and oxygen atoms in total. The summed E-state index contributed by atoms with van der Waals surface area (Å²) < 4.78 is 0.747. The van der Waals surface area contributed by atoms with Gasteiger partial charge in [0.15, 0.2) is 5.78 Å². The second kappa shape index (κ2) is 5.56. The minimum Gasteiger partial charge on any atom is -0.306 e. The number of benzene rings is 1. The van der Waals surface area contributed by atoms with Crippen LogP contribution in [0.2, 0.25) is 0 Å². The topological polar surface area (TPSA) is 65.7 Å². The highest BCUT2D eigenvalue weighted by Crippen LogP contribution is 2.30. The highest BCUT2D eigenvalue weighted by atomic mass is 79.9. The fraction of sp³-hybridized carbons (Fsp3) is 0.467. The van der Waals surface area contributed by atoms with Crippen molar-refractivity contribution >= 4 is 32.7 Å². The largest absolute Gasteiger partial charge is 0.323 e. The Morgan fingerprint density at radius 3 is 2.55 bits per heavy atom. The number of carbonyl (C=O) groups excluding carboxylic acids is 1. The second-order valence-corrected chi connectivity index (χ2v) is 6.42. The average molecular weight is 337 g/mol. The van der Waals surface area contributed by atoms with Crippen LogP contribution in [-0.4, -0.2) is 15.8 Å². The predicted octanol–water partition coefficient (Wildman–Crippen LogP) is 3.77. The minimum absolute atomic E-state index is 0.146. The van der Waals surface area contributed by atoms with Crippen molar-refractivity contribution in [2.75, 3.05) is 0 Å². The fourth-order valence-corrected chi connectivity index (χ4v) is 3.60. The molecule has 1 heterocycles. The number of aromatic amines is 2. The summed E-state index contributed by atoms with van der Waals surface area (Å²) in [6, 6.07) is 3.55. The van der Waals surface area contributed by atoms with E-state index in [9.17, 15) is 9.59 Å². The third-order valence-corrected chi connectivity index (χ3v) is 4.81. The maximum Gasteiger partial charge on any atom is 0.323 e. The first-order valence-corrected chi connectivity index (χ1v) is 7.87. The molecule has 1 aliphatic carbocycles. The summed E-state index contributed by atoms with van der Waals surface area (Å²) in [5.74, 6) is 0.862. The summed E-state index contributed by atoms with van der Waals surface area (Å²) in [5, 5.41) is 0. The van der Waals surface area contributed by atoms with E-state index in [2.05, 4.69) is 25.9 Å². The zero-order valence-electron chi connectivity index (χ0n) is 11.2. The number of hydrogen-bond acceptors (Lipinski definition) is 2. The average Bonchev–Trinajstić information content (AvgIpc) is 3.03. The van der Waals surface area contributed by atoms with Crippen molar-refractivity contribution in [3.63, 3.8) is 0 Å². The molecule has 1 aromatic heterocycles. The van der Waals surface area contributed by atoms with Gasteiger partial charge in [0.2, 0.25) is 0 Å². The van der Waals surface area contributed by atoms with Crippen LogP contribution in [-0.2, 0) is 0 Å². The van der Waals surface area contributed by atoms with Crippen molar-refractivity contribution in [2.24, 2.45) is 5.92 Å². The lowest BCUT2D eigenvalue weighted by atomic mass is 9.97. The van der Waals surface area contributed by atoms with Gasteiger partial charge in [-0.25, -0.2) is 4.79 Å². The first-order chi connectivity index (χ1) is 9.63. The minimum atomic E-state index is -0.248. The van der Waals surface area contributed by atoms with E-state index in [1.165, 1.54) is 25.7 Å². The number of fused-ring (bicyclic) bond motifs is 1. The van der Waals surface area contributed by atoms with Gasteiger partial charge in [-0.3, -0.25) is 4.79 Å². The van der Waals surface area contributed by atoms with E-state index in [0.29, 0.717) is 28.9 Å². The monoisotopic (exact) mass is 336 g/mol. The van der Waals surface area contributed by atoms with Gasteiger partial charge in [0.1, 0.15) is 0 Å². The van der Waals surface area contributed by atoms with Gasteiger partial charge >= 0.3 is 5.69 Å². The molecule has 0 bridgehead atoms. The summed E-state index contributed by atoms with van der Waals surface area (Å²) in [7, 11) is 0. The third kappa shape index (κ3) is 2.73. The Kier molecular flexibility index (Phi) is 3.78. The number of imidazole rings is 1. The van der Waals surface area contributed by atoms with Crippen molar-refractivity contribution in [1.82, 2.24) is 9.97 Å². The van der Waals surface area contributed by atoms with Crippen LogP contribution < -0.4 is 5.69 Å². The van der Waals surface area contributed by atoms with Gasteiger partial charge in [0, 0.05) is 16.5 Å². The molecule has 0 saturated heterocycles. The van der Waals surface area contributed by atoms with Gasteiger partial charge in [-0.05, 0) is 40.4 Å². The molecule has 0 radical (unpaired) electrons. The van der Waals surface area contributed by atoms with Crippen LogP contribution in [0, 0.1) is 5.92 Å². The molecule has 0 amide bonds. The number of ketones is 1. The molecule has 1 saturated carbocycles. The number of H-pyrrole nitrogens is 2. The fourth-order valence-electron chi connectivity index (χ4n) is 3.04. The normalized spacial score (nSPS) is 16.1. The SMILES string of the molecule is O=C(CCC1CCCC1)c1cc2[nH]c(=O)[nH]c2cc1Br. The van der Waals surface area contributed by atoms with E-state index in [1.807, 2.05) is 0 Å². The summed E-state index contributed by atoms with van der Waals surface area (Å²) in [6.07, 6.45) is 6.70. The van der Waals surface area contributed by atoms with E-state index < -0.39 is 0 Å². The quantitative estimate of drug-likeness (QED) is 0.834. The van der Waals surface area contributed by atoms with Crippen LogP contribution >= 0.6 is 15.9 Å². The molecule has 0 unspecified atom stereocenters. The van der Waals surface area contributed by atoms with Crippen molar-refractivity contribution in [1.29, 1.82) is 0 Å². The number of Topliss-reactive ketones (excluding diaryl/α,β-unsaturated/α-hetero) is 1. The highest BCUT2D eigenvalue weighted by Gasteiger charge is 2.18. The molecule has 0 spiro atoms. The van der Waals surface area contributed by atoms with E-state index in [0.717, 1.165) is 10.9 Å². The zero-order valence-corrected chi connectivity index (χ0v) is 12.8. The summed E-state index contributed by atoms with van der Waals surface area (Å²) in [6.45, 7) is 0. The second-order valence-electron chi connectivity index (χ2n) is 5.57. The molecule has 2 aromatic rings. The van der Waals surface area contributed by atoms with Gasteiger partial charge in [-0.1, -0.05) is 25.7 Å². The van der Waals surface area contributed by atoms with Crippen molar-refractivity contribution in [3.05, 3.63) is 32.7 Å². The van der Waals surface area contributed by atoms with Crippen molar-refractivity contribution < 1.29 is 4.79 Å². The smallest absolute Gasteiger partial charge is 0.306 e. The lowest BCUT2D eigenvalue weighted by Crippen LogP contribution is -2.04. The number of aromatic nitrogens is 2. The number of halogens is 1. The molecular weight excluding hydrogens is 320 g/mol. The van der Waals surface area contributed by atoms with Gasteiger partial charge in [0.25, 0.3) is 0 Å². The van der Waals surface area contributed by atoms with Crippen LogP contribution in [0.5, 0.6) is 0 Å². The standard InChI is InChI=1S/C15H17BrN2O2/c16-11-8-13-12(17-15(20)18-13)7-10(11)14(19)6-5-9-3-1-2-4-9/h7-9H,1-6H2,(H2,17,18,20). The highest BCUT2D eigenvalue weighted by molar-refractivity contribution is 9.10. The Hall–Kier alpha value is -1.36. The molecule has 0 aliphatic heterocycles. The van der Waals surface area contributed by atoms with E-state index in [-0.39, 0.29) is 11.5 Å². The Bertz CT molecular complexity index is 695. The molecule has 3 rings (SSSR count). The van der Waals surface area contributed by atoms with Crippen LogP contribution in [0.1, 0.15) is 48.9 Å². The van der Waals surface area contributed by atoms with E-state index in [4.69, 9.17) is 0 Å². The molecule has 1 aliphatic rings. The molecule has 20 heavy (non-hydrogen) atoms. The first-order valence-electron chi connectivity index (χ1n) is 7.08. The molecular formula is C15H17BrN2O2. The van der Waals surface area contributed by atoms with Crippen LogP contribution in [0.15, 0.2) is 21.4 Å². The Morgan fingerprint density at radius 2 is 1.85 bits per heavy atom. The number of hydrogen-bond donors (Lipinski definition) is 2. The molecule has 1 fully saturated rings. The van der Waals surface area contributed by atoms with E-state index >= 15 is 0 Å². The van der Waals surface area contributed by atoms with Gasteiger partial charge in [-0.15, -0.1) is 0 Å². The summed E-state index contributed by atoms with van der Waals surface area (Å²) in [4.78, 5) is 29.0. The van der Waals surface area contributed by atoms with Crippen molar-refractivity contribution in [3.8, 4) is 0 Å². The summed E-state index contributed by atoms with van der Waals surface area (Å²) in [5.41, 5.74) is 1.81. The lowest BCUT2D eigenvalue weighted by Gasteiger charge is -2.08. The van der Waals surface area contributed by atoms with Gasteiger partial charge in [0.05, 0.1) is 11.0 Å². The lowest BCUT2D eigenvalue weighted by molar-refractivity contribution is 0.0973. The zero-order chi connectivity index (χ0) is 14.1. The van der Waals surface area contributed by atoms with Gasteiger partial charge < -0.3 is 9.97 Å². The third-order valence-electron chi connectivity index (χ3n) is 4.16. The Balaban J connectivity index is 1.79. The maximum absolute atomic E-state index is 12.3. The molecule has 1 aromatic carbocycles. The molecule has 0 atom stereocenters. The van der Waals surface area contributed by atoms with Crippen LogP contribution in [0.3, 0.4) is 0 Å². The van der Waals surface area contributed by atoms with Gasteiger partial charge in [-0.2, -0.15) is 0 Å². The van der Waals surface area contributed by atoms with Crippen molar-refractivity contribution in [2.45, 2.75) is 38.5 Å². The van der Waals surface area contributed by atoms with Crippen LogP contribution in [0.4, 0.5) is 0 Å². The predicted molar refractivity (Wildman–Crippen MR) is 82.1 cm³/mol. The Labute approximate surface area is 125 Å². The molecule has 5 heteroatoms. The molecule has 106 valence electrons. The van der Waals surface area contributed by atoms with E-state index in [1.54, 1.807) is 12.1 Å². The number of carbonyl (C=O) groups is 1.